The molecule has 2 fully saturated rings. The van der Waals surface area contributed by atoms with Gasteiger partial charge in [0.25, 0.3) is 0 Å². The number of likely N-dealkylation sites (tertiary alicyclic amines) is 1. The number of thioether (sulfide) groups is 1. The SMILES string of the molecule is O=C(CSCC(=O)N1CCC(c2nc3cc(Cl)ccc3o2)CC1)N1CCOCC1. The average molecular weight is 438 g/mol. The lowest BCUT2D eigenvalue weighted by Crippen LogP contribution is -2.42. The number of aromatic nitrogens is 1. The molecule has 0 N–H and O–H groups in total. The number of carbonyl (C=O) groups excluding carboxylic acids is 2. The molecule has 4 rings (SSSR count). The normalized spacial score (nSPS) is 18.4. The second-order valence-electron chi connectivity index (χ2n) is 7.31. The first kappa shape index (κ1) is 20.5. The third kappa shape index (κ3) is 5.05. The van der Waals surface area contributed by atoms with Crippen LogP contribution in [0.1, 0.15) is 24.7 Å². The van der Waals surface area contributed by atoms with E-state index in [2.05, 4.69) is 4.98 Å². The zero-order valence-electron chi connectivity index (χ0n) is 16.1. The molecule has 0 atom stereocenters. The molecule has 7 nitrogen and oxygen atoms in total. The van der Waals surface area contributed by atoms with Crippen molar-refractivity contribution < 1.29 is 18.7 Å². The van der Waals surface area contributed by atoms with Gasteiger partial charge in [0.2, 0.25) is 11.8 Å². The number of halogens is 1. The van der Waals surface area contributed by atoms with Gasteiger partial charge in [-0.15, -0.1) is 11.8 Å². The van der Waals surface area contributed by atoms with E-state index in [1.165, 1.54) is 11.8 Å². The summed E-state index contributed by atoms with van der Waals surface area (Å²) in [6.07, 6.45) is 1.65. The maximum atomic E-state index is 12.5. The number of amides is 2. The lowest BCUT2D eigenvalue weighted by atomic mass is 9.97. The molecule has 1 aromatic heterocycles. The van der Waals surface area contributed by atoms with Crippen LogP contribution in [-0.4, -0.2) is 77.5 Å². The summed E-state index contributed by atoms with van der Waals surface area (Å²) < 4.78 is 11.1. The van der Waals surface area contributed by atoms with Crippen LogP contribution in [0, 0.1) is 0 Å². The quantitative estimate of drug-likeness (QED) is 0.716. The second-order valence-corrected chi connectivity index (χ2v) is 8.73. The van der Waals surface area contributed by atoms with Gasteiger partial charge < -0.3 is 19.0 Å². The van der Waals surface area contributed by atoms with Crippen molar-refractivity contribution in [1.29, 1.82) is 0 Å². The summed E-state index contributed by atoms with van der Waals surface area (Å²) >= 11 is 7.41. The van der Waals surface area contributed by atoms with Crippen molar-refractivity contribution in [3.05, 3.63) is 29.1 Å². The van der Waals surface area contributed by atoms with Crippen LogP contribution < -0.4 is 0 Å². The Hall–Kier alpha value is -1.77. The number of piperidine rings is 1. The highest BCUT2D eigenvalue weighted by molar-refractivity contribution is 8.00. The summed E-state index contributed by atoms with van der Waals surface area (Å²) in [5, 5.41) is 0.641. The number of fused-ring (bicyclic) bond motifs is 1. The standard InChI is InChI=1S/C20H24ClN3O4S/c21-15-1-2-17-16(11-15)22-20(28-17)14-3-5-23(6-4-14)18(25)12-29-13-19(26)24-7-9-27-10-8-24/h1-2,11,14H,3-10,12-13H2. The Morgan fingerprint density at radius 3 is 2.41 bits per heavy atom. The van der Waals surface area contributed by atoms with E-state index in [1.54, 1.807) is 17.0 Å². The summed E-state index contributed by atoms with van der Waals surface area (Å²) in [5.41, 5.74) is 1.51. The first-order valence-corrected chi connectivity index (χ1v) is 11.4. The van der Waals surface area contributed by atoms with Gasteiger partial charge in [0, 0.05) is 37.1 Å². The van der Waals surface area contributed by atoms with E-state index >= 15 is 0 Å². The lowest BCUT2D eigenvalue weighted by molar-refractivity contribution is -0.132. The summed E-state index contributed by atoms with van der Waals surface area (Å²) in [4.78, 5) is 32.9. The van der Waals surface area contributed by atoms with Crippen LogP contribution >= 0.6 is 23.4 Å². The van der Waals surface area contributed by atoms with Gasteiger partial charge >= 0.3 is 0 Å². The Kier molecular flexibility index (Phi) is 6.62. The summed E-state index contributed by atoms with van der Waals surface area (Å²) in [6.45, 7) is 3.84. The van der Waals surface area contributed by atoms with Crippen molar-refractivity contribution in [2.45, 2.75) is 18.8 Å². The van der Waals surface area contributed by atoms with Crippen LogP contribution in [0.5, 0.6) is 0 Å². The molecule has 0 bridgehead atoms. The zero-order chi connectivity index (χ0) is 20.2. The number of ether oxygens (including phenoxy) is 1. The van der Waals surface area contributed by atoms with Gasteiger partial charge in [-0.25, -0.2) is 4.98 Å². The number of carbonyl (C=O) groups is 2. The van der Waals surface area contributed by atoms with Crippen LogP contribution in [-0.2, 0) is 14.3 Å². The topological polar surface area (TPSA) is 75.9 Å². The molecule has 0 unspecified atom stereocenters. The maximum absolute atomic E-state index is 12.5. The second kappa shape index (κ2) is 9.36. The van der Waals surface area contributed by atoms with Gasteiger partial charge in [-0.3, -0.25) is 9.59 Å². The maximum Gasteiger partial charge on any atom is 0.232 e. The lowest BCUT2D eigenvalue weighted by Gasteiger charge is -2.30. The number of hydrogen-bond acceptors (Lipinski definition) is 6. The van der Waals surface area contributed by atoms with E-state index in [0.29, 0.717) is 55.9 Å². The molecule has 0 aliphatic carbocycles. The van der Waals surface area contributed by atoms with E-state index in [1.807, 2.05) is 11.0 Å². The Bertz CT molecular complexity index is 876. The third-order valence-electron chi connectivity index (χ3n) is 5.38. The van der Waals surface area contributed by atoms with Gasteiger partial charge in [0.05, 0.1) is 24.7 Å². The minimum Gasteiger partial charge on any atom is -0.440 e. The largest absolute Gasteiger partial charge is 0.440 e. The Balaban J connectivity index is 1.22. The van der Waals surface area contributed by atoms with Crippen molar-refractivity contribution in [2.75, 3.05) is 50.9 Å². The summed E-state index contributed by atoms with van der Waals surface area (Å²) in [7, 11) is 0. The van der Waals surface area contributed by atoms with Crippen LogP contribution in [0.4, 0.5) is 0 Å². The van der Waals surface area contributed by atoms with E-state index in [9.17, 15) is 9.59 Å². The van der Waals surface area contributed by atoms with Crippen molar-refractivity contribution in [1.82, 2.24) is 14.8 Å². The highest BCUT2D eigenvalue weighted by Crippen LogP contribution is 2.31. The monoisotopic (exact) mass is 437 g/mol. The smallest absolute Gasteiger partial charge is 0.232 e. The average Bonchev–Trinajstić information content (AvgIpc) is 3.17. The van der Waals surface area contributed by atoms with Crippen molar-refractivity contribution in [3.63, 3.8) is 0 Å². The van der Waals surface area contributed by atoms with Gasteiger partial charge in [-0.05, 0) is 31.0 Å². The van der Waals surface area contributed by atoms with Crippen LogP contribution in [0.15, 0.2) is 22.6 Å². The number of morpholine rings is 1. The summed E-state index contributed by atoms with van der Waals surface area (Å²) in [5.74, 6) is 1.78. The molecular formula is C20H24ClN3O4S. The van der Waals surface area contributed by atoms with Crippen molar-refractivity contribution >= 4 is 46.3 Å². The Labute approximate surface area is 178 Å². The highest BCUT2D eigenvalue weighted by atomic mass is 35.5. The van der Waals surface area contributed by atoms with Gasteiger partial charge in [-0.1, -0.05) is 11.6 Å². The predicted molar refractivity (Wildman–Crippen MR) is 112 cm³/mol. The molecule has 29 heavy (non-hydrogen) atoms. The van der Waals surface area contributed by atoms with Gasteiger partial charge in [-0.2, -0.15) is 0 Å². The fourth-order valence-corrected chi connectivity index (χ4v) is 4.67. The van der Waals surface area contributed by atoms with E-state index in [-0.39, 0.29) is 17.7 Å². The molecule has 0 radical (unpaired) electrons. The van der Waals surface area contributed by atoms with Gasteiger partial charge in [0.1, 0.15) is 5.52 Å². The first-order chi connectivity index (χ1) is 14.1. The minimum absolute atomic E-state index is 0.0841. The molecule has 2 aromatic rings. The number of hydrogen-bond donors (Lipinski definition) is 0. The Morgan fingerprint density at radius 2 is 1.72 bits per heavy atom. The van der Waals surface area contributed by atoms with E-state index < -0.39 is 0 Å². The molecule has 2 saturated heterocycles. The van der Waals surface area contributed by atoms with E-state index in [4.69, 9.17) is 20.8 Å². The molecular weight excluding hydrogens is 414 g/mol. The first-order valence-electron chi connectivity index (χ1n) is 9.87. The Morgan fingerprint density at radius 1 is 1.07 bits per heavy atom. The van der Waals surface area contributed by atoms with E-state index in [0.717, 1.165) is 29.8 Å². The van der Waals surface area contributed by atoms with Crippen molar-refractivity contribution in [3.8, 4) is 0 Å². The number of benzene rings is 1. The molecule has 0 saturated carbocycles. The molecule has 9 heteroatoms. The number of rotatable bonds is 5. The third-order valence-corrected chi connectivity index (χ3v) is 6.52. The summed E-state index contributed by atoms with van der Waals surface area (Å²) in [6, 6.07) is 5.43. The minimum atomic E-state index is 0.0841. The van der Waals surface area contributed by atoms with Crippen LogP contribution in [0.3, 0.4) is 0 Å². The molecule has 2 aliphatic heterocycles. The number of oxazole rings is 1. The number of nitrogens with zero attached hydrogens (tertiary/aromatic N) is 3. The fourth-order valence-electron chi connectivity index (χ4n) is 3.69. The molecule has 2 amide bonds. The van der Waals surface area contributed by atoms with Gasteiger partial charge in [0.15, 0.2) is 11.5 Å². The van der Waals surface area contributed by atoms with Crippen LogP contribution in [0.2, 0.25) is 5.02 Å². The zero-order valence-corrected chi connectivity index (χ0v) is 17.7. The molecule has 1 aromatic carbocycles. The highest BCUT2D eigenvalue weighted by Gasteiger charge is 2.27. The van der Waals surface area contributed by atoms with Crippen molar-refractivity contribution in [2.24, 2.45) is 0 Å². The van der Waals surface area contributed by atoms with Crippen LogP contribution in [0.25, 0.3) is 11.1 Å². The molecule has 2 aliphatic rings. The predicted octanol–water partition coefficient (Wildman–Crippen LogP) is 2.78. The molecule has 156 valence electrons. The fraction of sp³-hybridized carbons (Fsp3) is 0.550. The molecule has 0 spiro atoms. The molecule has 3 heterocycles.